The number of rotatable bonds is 7. The number of hydrogen-bond acceptors (Lipinski definition) is 2. The van der Waals surface area contributed by atoms with Crippen LogP contribution in [0.1, 0.15) is 55.8 Å². The molecule has 2 aromatic rings. The van der Waals surface area contributed by atoms with Crippen molar-refractivity contribution in [1.82, 2.24) is 5.32 Å². The van der Waals surface area contributed by atoms with Crippen molar-refractivity contribution in [1.29, 1.82) is 0 Å². The number of hydrogen-bond donors (Lipinski definition) is 1. The predicted molar refractivity (Wildman–Crippen MR) is 84.0 cm³/mol. The average Bonchev–Trinajstić information content (AvgIpc) is 2.96. The Morgan fingerprint density at radius 1 is 1.05 bits per heavy atom. The minimum absolute atomic E-state index is 0.355. The third kappa shape index (κ3) is 3.97. The Balaban J connectivity index is 2.12. The van der Waals surface area contributed by atoms with Crippen LogP contribution < -0.4 is 5.32 Å². The van der Waals surface area contributed by atoms with Crippen LogP contribution in [0.4, 0.5) is 0 Å². The van der Waals surface area contributed by atoms with Gasteiger partial charge in [0.15, 0.2) is 0 Å². The molecular weight excluding hydrogens is 246 g/mol. The summed E-state index contributed by atoms with van der Waals surface area (Å²) >= 11 is 0. The second kappa shape index (κ2) is 7.30. The van der Waals surface area contributed by atoms with Crippen LogP contribution in [0.3, 0.4) is 0 Å². The van der Waals surface area contributed by atoms with Gasteiger partial charge in [0.1, 0.15) is 0 Å². The van der Waals surface area contributed by atoms with E-state index < -0.39 is 0 Å². The van der Waals surface area contributed by atoms with Gasteiger partial charge in [-0.15, -0.1) is 0 Å². The van der Waals surface area contributed by atoms with E-state index in [2.05, 4.69) is 50.4 Å². The fraction of sp³-hybridized carbons (Fsp3) is 0.444. The summed E-state index contributed by atoms with van der Waals surface area (Å²) in [5.41, 5.74) is 3.99. The maximum absolute atomic E-state index is 5.18. The van der Waals surface area contributed by atoms with Crippen molar-refractivity contribution in [2.24, 2.45) is 0 Å². The highest BCUT2D eigenvalue weighted by molar-refractivity contribution is 5.28. The van der Waals surface area contributed by atoms with Gasteiger partial charge in [0.2, 0.25) is 0 Å². The van der Waals surface area contributed by atoms with Gasteiger partial charge in [-0.25, -0.2) is 0 Å². The highest BCUT2D eigenvalue weighted by atomic mass is 16.3. The normalized spacial score (nSPS) is 12.8. The molecule has 0 spiro atoms. The van der Waals surface area contributed by atoms with E-state index in [1.54, 1.807) is 6.26 Å². The Hall–Kier alpha value is -1.54. The molecule has 0 aliphatic rings. The lowest BCUT2D eigenvalue weighted by molar-refractivity contribution is 0.520. The van der Waals surface area contributed by atoms with Crippen LogP contribution in [0.5, 0.6) is 0 Å². The molecule has 1 N–H and O–H groups in total. The maximum Gasteiger partial charge on any atom is 0.0935 e. The lowest BCUT2D eigenvalue weighted by Crippen LogP contribution is -2.24. The summed E-state index contributed by atoms with van der Waals surface area (Å²) in [6.45, 7) is 7.69. The number of nitrogens with one attached hydrogen (secondary N) is 1. The third-order valence-electron chi connectivity index (χ3n) is 3.67. The summed E-state index contributed by atoms with van der Waals surface area (Å²) in [6.07, 6.45) is 5.70. The molecule has 2 nitrogen and oxygen atoms in total. The zero-order valence-corrected chi connectivity index (χ0v) is 12.7. The van der Waals surface area contributed by atoms with Gasteiger partial charge in [-0.1, -0.05) is 45.0 Å². The van der Waals surface area contributed by atoms with Crippen LogP contribution in [0.15, 0.2) is 47.3 Å². The summed E-state index contributed by atoms with van der Waals surface area (Å²) < 4.78 is 5.18. The van der Waals surface area contributed by atoms with Crippen LogP contribution in [-0.4, -0.2) is 6.54 Å². The largest absolute Gasteiger partial charge is 0.472 e. The Morgan fingerprint density at radius 3 is 2.30 bits per heavy atom. The molecule has 1 atom stereocenters. The molecular formula is C18H25NO. The van der Waals surface area contributed by atoms with Crippen molar-refractivity contribution in [3.8, 4) is 0 Å². The quantitative estimate of drug-likeness (QED) is 0.790. The molecule has 0 saturated heterocycles. The van der Waals surface area contributed by atoms with E-state index in [9.17, 15) is 0 Å². The van der Waals surface area contributed by atoms with Crippen molar-refractivity contribution in [3.63, 3.8) is 0 Å². The average molecular weight is 271 g/mol. The van der Waals surface area contributed by atoms with Crippen LogP contribution >= 0.6 is 0 Å². The van der Waals surface area contributed by atoms with Crippen LogP contribution in [0.2, 0.25) is 0 Å². The molecule has 0 fully saturated rings. The molecule has 0 aliphatic carbocycles. The summed E-state index contributed by atoms with van der Waals surface area (Å²) in [5, 5.41) is 3.63. The summed E-state index contributed by atoms with van der Waals surface area (Å²) in [6, 6.07) is 11.4. The fourth-order valence-electron chi connectivity index (χ4n) is 2.38. The van der Waals surface area contributed by atoms with Crippen molar-refractivity contribution in [2.45, 2.75) is 45.6 Å². The Morgan fingerprint density at radius 2 is 1.75 bits per heavy atom. The van der Waals surface area contributed by atoms with Gasteiger partial charge < -0.3 is 9.73 Å². The van der Waals surface area contributed by atoms with E-state index in [1.807, 2.05) is 12.3 Å². The van der Waals surface area contributed by atoms with E-state index >= 15 is 0 Å². The molecule has 1 aromatic carbocycles. The van der Waals surface area contributed by atoms with Crippen LogP contribution in [-0.2, 0) is 6.42 Å². The number of furan rings is 1. The summed E-state index contributed by atoms with van der Waals surface area (Å²) in [5.74, 6) is 0.583. The first kappa shape index (κ1) is 14.9. The zero-order valence-electron chi connectivity index (χ0n) is 12.7. The molecule has 0 aliphatic heterocycles. The standard InChI is InChI=1S/C18H25NO/c1-4-10-19-18(12-15-9-11-20-13-15)17-7-5-16(6-8-17)14(2)3/h5-9,11,13-14,18-19H,4,10,12H2,1-3H3. The molecule has 2 heteroatoms. The topological polar surface area (TPSA) is 25.2 Å². The van der Waals surface area contributed by atoms with Crippen molar-refractivity contribution < 1.29 is 4.42 Å². The lowest BCUT2D eigenvalue weighted by atomic mass is 9.96. The van der Waals surface area contributed by atoms with Crippen LogP contribution in [0.25, 0.3) is 0 Å². The smallest absolute Gasteiger partial charge is 0.0935 e. The second-order valence-corrected chi connectivity index (χ2v) is 5.66. The highest BCUT2D eigenvalue weighted by Gasteiger charge is 2.12. The highest BCUT2D eigenvalue weighted by Crippen LogP contribution is 2.22. The molecule has 2 rings (SSSR count). The lowest BCUT2D eigenvalue weighted by Gasteiger charge is -2.19. The Bertz CT molecular complexity index is 485. The van der Waals surface area contributed by atoms with Crippen molar-refractivity contribution in [3.05, 3.63) is 59.5 Å². The fourth-order valence-corrected chi connectivity index (χ4v) is 2.38. The van der Waals surface area contributed by atoms with Gasteiger partial charge in [0.25, 0.3) is 0 Å². The summed E-state index contributed by atoms with van der Waals surface area (Å²) in [4.78, 5) is 0. The van der Waals surface area contributed by atoms with Gasteiger partial charge in [0.05, 0.1) is 12.5 Å². The van der Waals surface area contributed by atoms with E-state index in [4.69, 9.17) is 4.42 Å². The first-order chi connectivity index (χ1) is 9.70. The van der Waals surface area contributed by atoms with E-state index in [0.29, 0.717) is 12.0 Å². The first-order valence-electron chi connectivity index (χ1n) is 7.55. The molecule has 0 saturated carbocycles. The molecule has 0 bridgehead atoms. The minimum atomic E-state index is 0.355. The molecule has 108 valence electrons. The van der Waals surface area contributed by atoms with Gasteiger partial charge in [-0.3, -0.25) is 0 Å². The molecule has 1 heterocycles. The molecule has 1 aromatic heterocycles. The van der Waals surface area contributed by atoms with E-state index in [1.165, 1.54) is 16.7 Å². The number of benzene rings is 1. The predicted octanol–water partition coefficient (Wildman–Crippen LogP) is 4.69. The molecule has 1 unspecified atom stereocenters. The van der Waals surface area contributed by atoms with E-state index in [0.717, 1.165) is 19.4 Å². The van der Waals surface area contributed by atoms with Gasteiger partial charge in [-0.05, 0) is 48.1 Å². The first-order valence-corrected chi connectivity index (χ1v) is 7.55. The molecule has 0 amide bonds. The van der Waals surface area contributed by atoms with Gasteiger partial charge >= 0.3 is 0 Å². The Kier molecular flexibility index (Phi) is 5.42. The van der Waals surface area contributed by atoms with Crippen molar-refractivity contribution >= 4 is 0 Å². The van der Waals surface area contributed by atoms with E-state index in [-0.39, 0.29) is 0 Å². The second-order valence-electron chi connectivity index (χ2n) is 5.66. The minimum Gasteiger partial charge on any atom is -0.472 e. The monoisotopic (exact) mass is 271 g/mol. The van der Waals surface area contributed by atoms with Crippen molar-refractivity contribution in [2.75, 3.05) is 6.54 Å². The van der Waals surface area contributed by atoms with Crippen LogP contribution in [0, 0.1) is 0 Å². The zero-order chi connectivity index (χ0) is 14.4. The molecule has 0 radical (unpaired) electrons. The summed E-state index contributed by atoms with van der Waals surface area (Å²) in [7, 11) is 0. The SMILES string of the molecule is CCCNC(Cc1ccoc1)c1ccc(C(C)C)cc1. The van der Waals surface area contributed by atoms with Gasteiger partial charge in [0, 0.05) is 6.04 Å². The maximum atomic E-state index is 5.18. The van der Waals surface area contributed by atoms with Gasteiger partial charge in [-0.2, -0.15) is 0 Å². The molecule has 20 heavy (non-hydrogen) atoms. The Labute approximate surface area is 122 Å². The third-order valence-corrected chi connectivity index (χ3v) is 3.67.